The van der Waals surface area contributed by atoms with E-state index in [1.54, 1.807) is 12.1 Å². The third kappa shape index (κ3) is 2.62. The number of nitrogens with zero attached hydrogens (tertiary/aromatic N) is 2. The number of aromatic carboxylic acids is 1. The molecule has 0 saturated heterocycles. The van der Waals surface area contributed by atoms with Crippen molar-refractivity contribution in [2.75, 3.05) is 0 Å². The number of carboxylic acids is 1. The minimum Gasteiger partial charge on any atom is -0.478 e. The van der Waals surface area contributed by atoms with Crippen molar-refractivity contribution in [2.45, 2.75) is 6.18 Å². The maximum atomic E-state index is 12.7. The number of rotatable bonds is 2. The van der Waals surface area contributed by atoms with Crippen LogP contribution >= 0.6 is 15.9 Å². The van der Waals surface area contributed by atoms with Gasteiger partial charge in [0.15, 0.2) is 5.82 Å². The van der Waals surface area contributed by atoms with Crippen LogP contribution in [0.2, 0.25) is 0 Å². The van der Waals surface area contributed by atoms with Crippen LogP contribution in [0.15, 0.2) is 35.2 Å². The highest BCUT2D eigenvalue weighted by atomic mass is 79.9. The van der Waals surface area contributed by atoms with Crippen LogP contribution in [0.3, 0.4) is 0 Å². The smallest absolute Gasteiger partial charge is 0.418 e. The second-order valence-electron chi connectivity index (χ2n) is 3.60. The second kappa shape index (κ2) is 4.69. The van der Waals surface area contributed by atoms with Gasteiger partial charge in [0.2, 0.25) is 0 Å². The quantitative estimate of drug-likeness (QED) is 0.916. The lowest BCUT2D eigenvalue weighted by molar-refractivity contribution is -0.138. The number of carboxylic acid groups (broad SMARTS) is 1. The number of alkyl halides is 3. The van der Waals surface area contributed by atoms with E-state index in [1.807, 2.05) is 0 Å². The SMILES string of the molecule is O=C(O)c1cn(-c2ncccc2Br)cc1C(F)(F)F. The van der Waals surface area contributed by atoms with Crippen LogP contribution in [0, 0.1) is 0 Å². The van der Waals surface area contributed by atoms with Gasteiger partial charge in [0.25, 0.3) is 0 Å². The van der Waals surface area contributed by atoms with Gasteiger partial charge in [-0.15, -0.1) is 0 Å². The van der Waals surface area contributed by atoms with Crippen LogP contribution in [0.5, 0.6) is 0 Å². The number of carbonyl (C=O) groups is 1. The molecule has 2 aromatic heterocycles. The zero-order valence-electron chi connectivity index (χ0n) is 9.15. The van der Waals surface area contributed by atoms with Crippen molar-refractivity contribution in [1.82, 2.24) is 9.55 Å². The van der Waals surface area contributed by atoms with Crippen LogP contribution in [-0.2, 0) is 6.18 Å². The average Bonchev–Trinajstić information content (AvgIpc) is 2.74. The summed E-state index contributed by atoms with van der Waals surface area (Å²) in [5.74, 6) is -1.46. The maximum Gasteiger partial charge on any atom is 0.418 e. The van der Waals surface area contributed by atoms with E-state index >= 15 is 0 Å². The molecule has 8 heteroatoms. The zero-order valence-corrected chi connectivity index (χ0v) is 10.7. The van der Waals surface area contributed by atoms with Crippen LogP contribution in [0.4, 0.5) is 13.2 Å². The number of halogens is 4. The third-order valence-electron chi connectivity index (χ3n) is 2.35. The Morgan fingerprint density at radius 2 is 2.05 bits per heavy atom. The molecule has 0 aliphatic heterocycles. The molecule has 4 nitrogen and oxygen atoms in total. The molecule has 0 unspecified atom stereocenters. The summed E-state index contributed by atoms with van der Waals surface area (Å²) in [5, 5.41) is 8.81. The lowest BCUT2D eigenvalue weighted by Crippen LogP contribution is -2.09. The molecule has 2 rings (SSSR count). The molecule has 0 aliphatic carbocycles. The van der Waals surface area contributed by atoms with Crippen molar-refractivity contribution < 1.29 is 23.1 Å². The summed E-state index contributed by atoms with van der Waals surface area (Å²) < 4.78 is 39.7. The molecule has 0 radical (unpaired) electrons. The lowest BCUT2D eigenvalue weighted by atomic mass is 10.2. The van der Waals surface area contributed by atoms with Crippen molar-refractivity contribution in [3.8, 4) is 5.82 Å². The Kier molecular flexibility index (Phi) is 3.36. The highest BCUT2D eigenvalue weighted by molar-refractivity contribution is 9.10. The minimum atomic E-state index is -4.74. The van der Waals surface area contributed by atoms with Crippen molar-refractivity contribution >= 4 is 21.9 Å². The van der Waals surface area contributed by atoms with Crippen molar-refractivity contribution in [2.24, 2.45) is 0 Å². The van der Waals surface area contributed by atoms with Crippen molar-refractivity contribution in [3.63, 3.8) is 0 Å². The second-order valence-corrected chi connectivity index (χ2v) is 4.46. The Morgan fingerprint density at radius 3 is 2.53 bits per heavy atom. The molecular weight excluding hydrogens is 329 g/mol. The Balaban J connectivity index is 2.62. The molecular formula is C11H6BrF3N2O2. The monoisotopic (exact) mass is 334 g/mol. The van der Waals surface area contributed by atoms with Gasteiger partial charge in [-0.2, -0.15) is 13.2 Å². The predicted octanol–water partition coefficient (Wildman–Crippen LogP) is 3.35. The molecule has 0 aliphatic rings. The van der Waals surface area contributed by atoms with Crippen LogP contribution in [-0.4, -0.2) is 20.6 Å². The highest BCUT2D eigenvalue weighted by Gasteiger charge is 2.37. The van der Waals surface area contributed by atoms with E-state index in [9.17, 15) is 18.0 Å². The Morgan fingerprint density at radius 1 is 1.37 bits per heavy atom. The van der Waals surface area contributed by atoms with Gasteiger partial charge in [-0.3, -0.25) is 0 Å². The topological polar surface area (TPSA) is 55.1 Å². The van der Waals surface area contributed by atoms with E-state index < -0.39 is 23.3 Å². The standard InChI is InChI=1S/C11H6BrF3N2O2/c12-8-2-1-3-16-9(8)17-4-6(10(18)19)7(5-17)11(13,14)15/h1-5H,(H,18,19). The summed E-state index contributed by atoms with van der Waals surface area (Å²) >= 11 is 3.14. The molecule has 0 bridgehead atoms. The molecule has 0 saturated carbocycles. The first-order valence-electron chi connectivity index (χ1n) is 4.94. The number of hydrogen-bond acceptors (Lipinski definition) is 2. The largest absolute Gasteiger partial charge is 0.478 e. The number of hydrogen-bond donors (Lipinski definition) is 1. The van der Waals surface area contributed by atoms with Crippen LogP contribution in [0.25, 0.3) is 5.82 Å². The molecule has 19 heavy (non-hydrogen) atoms. The first-order chi connectivity index (χ1) is 8.80. The summed E-state index contributed by atoms with van der Waals surface area (Å²) in [7, 11) is 0. The fraction of sp³-hybridized carbons (Fsp3) is 0.0909. The van der Waals surface area contributed by atoms with Gasteiger partial charge < -0.3 is 9.67 Å². The average molecular weight is 335 g/mol. The van der Waals surface area contributed by atoms with Crippen LogP contribution in [0.1, 0.15) is 15.9 Å². The van der Waals surface area contributed by atoms with E-state index in [0.717, 1.165) is 10.8 Å². The lowest BCUT2D eigenvalue weighted by Gasteiger charge is -2.05. The highest BCUT2D eigenvalue weighted by Crippen LogP contribution is 2.34. The Labute approximate surface area is 113 Å². The minimum absolute atomic E-state index is 0.181. The first kappa shape index (κ1) is 13.6. The van der Waals surface area contributed by atoms with Crippen molar-refractivity contribution in [1.29, 1.82) is 0 Å². The molecule has 0 spiro atoms. The molecule has 0 fully saturated rings. The van der Waals surface area contributed by atoms with Gasteiger partial charge in [-0.25, -0.2) is 9.78 Å². The molecule has 1 N–H and O–H groups in total. The summed E-state index contributed by atoms with van der Waals surface area (Å²) in [6.07, 6.45) is -1.75. The summed E-state index contributed by atoms with van der Waals surface area (Å²) in [4.78, 5) is 14.8. The number of aromatic nitrogens is 2. The van der Waals surface area contributed by atoms with E-state index in [-0.39, 0.29) is 5.82 Å². The van der Waals surface area contributed by atoms with Gasteiger partial charge in [0, 0.05) is 18.6 Å². The summed E-state index contributed by atoms with van der Waals surface area (Å²) in [6, 6.07) is 3.19. The molecule has 2 aromatic rings. The summed E-state index contributed by atoms with van der Waals surface area (Å²) in [6.45, 7) is 0. The predicted molar refractivity (Wildman–Crippen MR) is 63.2 cm³/mol. The summed E-state index contributed by atoms with van der Waals surface area (Å²) in [5.41, 5.74) is -2.03. The van der Waals surface area contributed by atoms with E-state index in [0.29, 0.717) is 10.7 Å². The normalized spacial score (nSPS) is 11.6. The molecule has 0 aromatic carbocycles. The molecule has 2 heterocycles. The van der Waals surface area contributed by atoms with E-state index in [2.05, 4.69) is 20.9 Å². The van der Waals surface area contributed by atoms with E-state index in [4.69, 9.17) is 5.11 Å². The van der Waals surface area contributed by atoms with Gasteiger partial charge in [0.1, 0.15) is 0 Å². The zero-order chi connectivity index (χ0) is 14.2. The fourth-order valence-corrected chi connectivity index (χ4v) is 2.00. The van der Waals surface area contributed by atoms with Crippen molar-refractivity contribution in [3.05, 3.63) is 46.3 Å². The first-order valence-corrected chi connectivity index (χ1v) is 5.73. The van der Waals surface area contributed by atoms with Gasteiger partial charge >= 0.3 is 12.1 Å². The van der Waals surface area contributed by atoms with Gasteiger partial charge in [-0.1, -0.05) is 0 Å². The Bertz CT molecular complexity index is 637. The Hall–Kier alpha value is -1.83. The fourth-order valence-electron chi connectivity index (χ4n) is 1.54. The molecule has 100 valence electrons. The number of pyridine rings is 1. The maximum absolute atomic E-state index is 12.7. The van der Waals surface area contributed by atoms with Gasteiger partial charge in [-0.05, 0) is 28.1 Å². The van der Waals surface area contributed by atoms with E-state index in [1.165, 1.54) is 6.20 Å². The molecule has 0 atom stereocenters. The van der Waals surface area contributed by atoms with Gasteiger partial charge in [0.05, 0.1) is 15.6 Å². The van der Waals surface area contributed by atoms with Crippen LogP contribution < -0.4 is 0 Å². The molecule has 0 amide bonds. The third-order valence-corrected chi connectivity index (χ3v) is 2.96.